The number of aromatic nitrogens is 3. The summed E-state index contributed by atoms with van der Waals surface area (Å²) in [5, 5.41) is 3.97. The molecule has 0 saturated carbocycles. The summed E-state index contributed by atoms with van der Waals surface area (Å²) < 4.78 is 5.40. The fourth-order valence-corrected chi connectivity index (χ4v) is 5.52. The van der Waals surface area contributed by atoms with Crippen LogP contribution in [0.2, 0.25) is 5.02 Å². The average Bonchev–Trinajstić information content (AvgIpc) is 3.27. The molecule has 1 fully saturated rings. The lowest BCUT2D eigenvalue weighted by molar-refractivity contribution is -0.114. The standard InChI is InChI=1S/C26H26ClN5O2S/c1-17(33)29-26-30-22-9-7-19-16-28-25(31-23(19)24(22)35-26)20-15-18(6-8-21(20)27)5-3-2-4-10-32-11-13-34-14-12-32/h6,8,15-16H,2,4,7,9-14H2,1H3,(H,29,30,33). The molecule has 9 heteroatoms. The molecule has 1 saturated heterocycles. The van der Waals surface area contributed by atoms with Crippen LogP contribution in [0.5, 0.6) is 0 Å². The van der Waals surface area contributed by atoms with Gasteiger partial charge in [0.05, 0.1) is 34.5 Å². The van der Waals surface area contributed by atoms with Crippen molar-refractivity contribution in [3.63, 3.8) is 0 Å². The summed E-state index contributed by atoms with van der Waals surface area (Å²) in [6.45, 7) is 6.20. The van der Waals surface area contributed by atoms with E-state index in [2.05, 4.69) is 32.0 Å². The summed E-state index contributed by atoms with van der Waals surface area (Å²) in [7, 11) is 0. The second-order valence-electron chi connectivity index (χ2n) is 8.60. The minimum atomic E-state index is -0.134. The van der Waals surface area contributed by atoms with Crippen molar-refractivity contribution < 1.29 is 9.53 Å². The normalized spacial score (nSPS) is 15.0. The SMILES string of the molecule is CC(=O)Nc1nc2c(s1)-c1nc(-c3cc(C#CCCCN4CCOCC4)ccc3Cl)ncc1CC2. The number of amides is 1. The number of morpholine rings is 1. The Labute approximate surface area is 213 Å². The van der Waals surface area contributed by atoms with Gasteiger partial charge >= 0.3 is 0 Å². The number of hydrogen-bond donors (Lipinski definition) is 1. The molecule has 180 valence electrons. The van der Waals surface area contributed by atoms with E-state index in [0.717, 1.165) is 91.5 Å². The second-order valence-corrected chi connectivity index (χ2v) is 10.0. The molecule has 0 radical (unpaired) electrons. The zero-order chi connectivity index (χ0) is 24.2. The minimum Gasteiger partial charge on any atom is -0.379 e. The maximum Gasteiger partial charge on any atom is 0.223 e. The van der Waals surface area contributed by atoms with Gasteiger partial charge in [0.1, 0.15) is 0 Å². The number of carbonyl (C=O) groups excluding carboxylic acids is 1. The highest BCUT2D eigenvalue weighted by molar-refractivity contribution is 7.19. The maximum absolute atomic E-state index is 11.5. The van der Waals surface area contributed by atoms with Crippen LogP contribution >= 0.6 is 22.9 Å². The van der Waals surface area contributed by atoms with E-state index in [0.29, 0.717) is 16.0 Å². The Morgan fingerprint density at radius 3 is 2.94 bits per heavy atom. The number of fused-ring (bicyclic) bond motifs is 3. The van der Waals surface area contributed by atoms with Crippen LogP contribution in [0.1, 0.15) is 36.6 Å². The summed E-state index contributed by atoms with van der Waals surface area (Å²) in [6, 6.07) is 5.74. The molecule has 35 heavy (non-hydrogen) atoms. The van der Waals surface area contributed by atoms with Crippen molar-refractivity contribution in [1.29, 1.82) is 0 Å². The molecular weight excluding hydrogens is 482 g/mol. The van der Waals surface area contributed by atoms with E-state index in [4.69, 9.17) is 21.3 Å². The van der Waals surface area contributed by atoms with Gasteiger partial charge in [0.2, 0.25) is 5.91 Å². The van der Waals surface area contributed by atoms with Crippen LogP contribution in [0.4, 0.5) is 5.13 Å². The summed E-state index contributed by atoms with van der Waals surface area (Å²) in [6.07, 6.45) is 5.38. The van der Waals surface area contributed by atoms with Gasteiger partial charge in [0, 0.05) is 43.8 Å². The van der Waals surface area contributed by atoms with Crippen LogP contribution in [0, 0.1) is 11.8 Å². The van der Waals surface area contributed by atoms with Crippen molar-refractivity contribution in [1.82, 2.24) is 19.9 Å². The van der Waals surface area contributed by atoms with Crippen LogP contribution in [0.15, 0.2) is 24.4 Å². The van der Waals surface area contributed by atoms with Gasteiger partial charge < -0.3 is 10.1 Å². The number of hydrogen-bond acceptors (Lipinski definition) is 7. The van der Waals surface area contributed by atoms with E-state index in [1.807, 2.05) is 24.4 Å². The highest BCUT2D eigenvalue weighted by atomic mass is 35.5. The summed E-state index contributed by atoms with van der Waals surface area (Å²) in [4.78, 5) is 28.9. The third-order valence-electron chi connectivity index (χ3n) is 6.01. The molecule has 1 amide bonds. The zero-order valence-corrected chi connectivity index (χ0v) is 21.1. The second kappa shape index (κ2) is 10.8. The topological polar surface area (TPSA) is 80.2 Å². The molecule has 3 aromatic rings. The number of thiazole rings is 1. The molecule has 1 aliphatic carbocycles. The third kappa shape index (κ3) is 5.71. The highest BCUT2D eigenvalue weighted by Crippen LogP contribution is 2.39. The number of ether oxygens (including phenoxy) is 1. The van der Waals surface area contributed by atoms with Crippen molar-refractivity contribution in [2.75, 3.05) is 38.2 Å². The van der Waals surface area contributed by atoms with Crippen molar-refractivity contribution in [3.8, 4) is 33.8 Å². The largest absolute Gasteiger partial charge is 0.379 e. The molecule has 3 heterocycles. The van der Waals surface area contributed by atoms with Crippen LogP contribution in [-0.4, -0.2) is 58.6 Å². The first kappa shape index (κ1) is 23.9. The van der Waals surface area contributed by atoms with Gasteiger partial charge in [0.15, 0.2) is 11.0 Å². The van der Waals surface area contributed by atoms with Gasteiger partial charge in [0.25, 0.3) is 0 Å². The number of benzene rings is 1. The number of unbranched alkanes of at least 4 members (excludes halogenated alkanes) is 1. The molecule has 0 bridgehead atoms. The zero-order valence-electron chi connectivity index (χ0n) is 19.6. The number of nitrogens with zero attached hydrogens (tertiary/aromatic N) is 4. The van der Waals surface area contributed by atoms with Gasteiger partial charge in [-0.05, 0) is 49.6 Å². The lowest BCUT2D eigenvalue weighted by Crippen LogP contribution is -2.36. The molecule has 1 N–H and O–H groups in total. The maximum atomic E-state index is 11.5. The first-order valence-electron chi connectivity index (χ1n) is 11.8. The lowest BCUT2D eigenvalue weighted by Gasteiger charge is -2.26. The van der Waals surface area contributed by atoms with E-state index < -0.39 is 0 Å². The molecule has 1 aromatic carbocycles. The van der Waals surface area contributed by atoms with Crippen LogP contribution < -0.4 is 5.32 Å². The predicted molar refractivity (Wildman–Crippen MR) is 139 cm³/mol. The van der Waals surface area contributed by atoms with E-state index in [-0.39, 0.29) is 5.91 Å². The quantitative estimate of drug-likeness (QED) is 0.406. The molecule has 2 aromatic heterocycles. The van der Waals surface area contributed by atoms with Crippen LogP contribution in [0.25, 0.3) is 22.0 Å². The van der Waals surface area contributed by atoms with Crippen molar-refractivity contribution in [2.45, 2.75) is 32.6 Å². The Morgan fingerprint density at radius 1 is 1.26 bits per heavy atom. The van der Waals surface area contributed by atoms with E-state index in [1.165, 1.54) is 18.3 Å². The summed E-state index contributed by atoms with van der Waals surface area (Å²) >= 11 is 7.99. The number of anilines is 1. The van der Waals surface area contributed by atoms with Crippen LogP contribution in [0.3, 0.4) is 0 Å². The van der Waals surface area contributed by atoms with E-state index >= 15 is 0 Å². The molecule has 7 nitrogen and oxygen atoms in total. The van der Waals surface area contributed by atoms with E-state index in [9.17, 15) is 4.79 Å². The molecule has 0 atom stereocenters. The first-order valence-corrected chi connectivity index (χ1v) is 13.0. The number of rotatable bonds is 5. The Balaban J connectivity index is 1.33. The monoisotopic (exact) mass is 507 g/mol. The first-order chi connectivity index (χ1) is 17.1. The van der Waals surface area contributed by atoms with Gasteiger partial charge in [-0.2, -0.15) is 0 Å². The number of aryl methyl sites for hydroxylation is 2. The van der Waals surface area contributed by atoms with Crippen molar-refractivity contribution in [2.24, 2.45) is 0 Å². The number of carbonyl (C=O) groups is 1. The predicted octanol–water partition coefficient (Wildman–Crippen LogP) is 4.44. The van der Waals surface area contributed by atoms with Gasteiger partial charge in [-0.1, -0.05) is 34.8 Å². The Morgan fingerprint density at radius 2 is 2.11 bits per heavy atom. The smallest absolute Gasteiger partial charge is 0.223 e. The molecule has 5 rings (SSSR count). The number of halogens is 1. The average molecular weight is 508 g/mol. The molecule has 1 aliphatic heterocycles. The molecule has 0 unspecified atom stereocenters. The van der Waals surface area contributed by atoms with Crippen LogP contribution in [-0.2, 0) is 22.4 Å². The van der Waals surface area contributed by atoms with Gasteiger partial charge in [-0.15, -0.1) is 0 Å². The van der Waals surface area contributed by atoms with E-state index in [1.54, 1.807) is 0 Å². The fourth-order valence-electron chi connectivity index (χ4n) is 4.23. The Kier molecular flexibility index (Phi) is 7.40. The lowest BCUT2D eigenvalue weighted by atomic mass is 9.99. The molecule has 2 aliphatic rings. The number of nitrogens with one attached hydrogen (secondary N) is 1. The molecular formula is C26H26ClN5O2S. The Bertz CT molecular complexity index is 1310. The summed E-state index contributed by atoms with van der Waals surface area (Å²) in [5.74, 6) is 6.98. The van der Waals surface area contributed by atoms with Gasteiger partial charge in [-0.3, -0.25) is 9.69 Å². The minimum absolute atomic E-state index is 0.134. The van der Waals surface area contributed by atoms with Gasteiger partial charge in [-0.25, -0.2) is 15.0 Å². The fraction of sp³-hybridized carbons (Fsp3) is 0.385. The Hall–Kier alpha value is -2.83. The molecule has 0 spiro atoms. The third-order valence-corrected chi connectivity index (χ3v) is 7.36. The van der Waals surface area contributed by atoms with Crippen molar-refractivity contribution in [3.05, 3.63) is 46.2 Å². The van der Waals surface area contributed by atoms with Crippen molar-refractivity contribution >= 4 is 34.0 Å². The summed E-state index contributed by atoms with van der Waals surface area (Å²) in [5.41, 5.74) is 4.54. The highest BCUT2D eigenvalue weighted by Gasteiger charge is 2.24.